The quantitative estimate of drug-likeness (QED) is 0.429. The van der Waals surface area contributed by atoms with Crippen LogP contribution in [0, 0.1) is 0 Å². The van der Waals surface area contributed by atoms with Gasteiger partial charge in [-0.15, -0.1) is 0 Å². The topological polar surface area (TPSA) is 12.0 Å². The second-order valence-electron chi connectivity index (χ2n) is 6.71. The molecule has 0 aliphatic carbocycles. The first-order valence-electron chi connectivity index (χ1n) is 9.14. The zero-order valence-electron chi connectivity index (χ0n) is 15.0. The third-order valence-corrected chi connectivity index (χ3v) is 11.3. The Kier molecular flexibility index (Phi) is 6.28. The van der Waals surface area contributed by atoms with Crippen LogP contribution < -0.4 is 10.4 Å². The second-order valence-corrected chi connectivity index (χ2v) is 13.7. The average molecular weight is 416 g/mol. The van der Waals surface area contributed by atoms with E-state index in [-0.39, 0.29) is 0 Å². The van der Waals surface area contributed by atoms with E-state index in [1.165, 1.54) is 40.6 Å². The zero-order valence-corrected chi connectivity index (χ0v) is 17.6. The first-order chi connectivity index (χ1) is 12.1. The van der Waals surface area contributed by atoms with Gasteiger partial charge in [0.25, 0.3) is 0 Å². The fourth-order valence-electron chi connectivity index (χ4n) is 3.47. The van der Waals surface area contributed by atoms with Gasteiger partial charge in [0, 0.05) is 0 Å². The molecule has 0 saturated carbocycles. The van der Waals surface area contributed by atoms with Gasteiger partial charge in [-0.25, -0.2) is 0 Å². The van der Waals surface area contributed by atoms with Crippen molar-refractivity contribution in [3.8, 4) is 0 Å². The molecule has 0 heterocycles. The van der Waals surface area contributed by atoms with Crippen molar-refractivity contribution in [2.24, 2.45) is 0 Å². The van der Waals surface area contributed by atoms with E-state index >= 15 is 0 Å². The van der Waals surface area contributed by atoms with Gasteiger partial charge in [0.05, 0.1) is 0 Å². The third kappa shape index (κ3) is 4.31. The molecule has 0 aromatic heterocycles. The molecule has 25 heavy (non-hydrogen) atoms. The first kappa shape index (κ1) is 18.6. The van der Waals surface area contributed by atoms with Crippen molar-refractivity contribution in [1.82, 2.24) is 5.09 Å². The second kappa shape index (κ2) is 8.45. The van der Waals surface area contributed by atoms with Crippen LogP contribution in [0.15, 0.2) is 72.8 Å². The molecule has 3 aromatic rings. The number of rotatable bonds is 7. The molecule has 132 valence electrons. The third-order valence-electron chi connectivity index (χ3n) is 4.84. The summed E-state index contributed by atoms with van der Waals surface area (Å²) in [6.07, 6.45) is 1.74. The number of benzene rings is 3. The van der Waals surface area contributed by atoms with E-state index in [1.54, 1.807) is 0 Å². The molecular formula is C22H27BrNP. The molecule has 3 rings (SSSR count). The molecule has 0 aliphatic heterocycles. The van der Waals surface area contributed by atoms with Gasteiger partial charge in [0.2, 0.25) is 0 Å². The Hall–Kier alpha value is -1.21. The fourth-order valence-corrected chi connectivity index (χ4v) is 9.14. The first-order valence-corrected chi connectivity index (χ1v) is 13.6. The van der Waals surface area contributed by atoms with Crippen LogP contribution in [0.25, 0.3) is 10.8 Å². The predicted molar refractivity (Wildman–Crippen MR) is 119 cm³/mol. The van der Waals surface area contributed by atoms with E-state index in [9.17, 15) is 0 Å². The zero-order chi connectivity index (χ0) is 17.7. The summed E-state index contributed by atoms with van der Waals surface area (Å²) in [5, 5.41) is 8.09. The van der Waals surface area contributed by atoms with Crippen LogP contribution in [0.2, 0.25) is 0 Å². The summed E-state index contributed by atoms with van der Waals surface area (Å²) in [4.78, 5) is 0. The summed E-state index contributed by atoms with van der Waals surface area (Å²) in [6.45, 7) is 4.56. The minimum atomic E-state index is -1.92. The van der Waals surface area contributed by atoms with Crippen molar-refractivity contribution in [2.45, 2.75) is 32.7 Å². The van der Waals surface area contributed by atoms with Crippen LogP contribution in [-0.2, 0) is 0 Å². The molecule has 1 nitrogen and oxygen atoms in total. The van der Waals surface area contributed by atoms with Gasteiger partial charge in [0.1, 0.15) is 0 Å². The number of hydrogen-bond acceptors (Lipinski definition) is 1. The normalized spacial score (nSPS) is 13.7. The Morgan fingerprint density at radius 2 is 1.60 bits per heavy atom. The minimum absolute atomic E-state index is 0.300. The Morgan fingerprint density at radius 1 is 0.920 bits per heavy atom. The van der Waals surface area contributed by atoms with Crippen molar-refractivity contribution < 1.29 is 0 Å². The Labute approximate surface area is 160 Å². The molecular weight excluding hydrogens is 389 g/mol. The Bertz CT molecular complexity index is 815. The van der Waals surface area contributed by atoms with Crippen molar-refractivity contribution in [1.29, 1.82) is 0 Å². The van der Waals surface area contributed by atoms with Crippen LogP contribution in [0.4, 0.5) is 0 Å². The van der Waals surface area contributed by atoms with E-state index in [0.29, 0.717) is 6.04 Å². The van der Waals surface area contributed by atoms with Crippen LogP contribution in [0.3, 0.4) is 0 Å². The molecule has 0 aliphatic rings. The molecule has 0 saturated heterocycles. The van der Waals surface area contributed by atoms with Crippen molar-refractivity contribution >= 4 is 37.7 Å². The van der Waals surface area contributed by atoms with E-state index in [2.05, 4.69) is 107 Å². The monoisotopic (exact) mass is 415 g/mol. The summed E-state index contributed by atoms with van der Waals surface area (Å²) in [7, 11) is 0. The summed E-state index contributed by atoms with van der Waals surface area (Å²) < 4.78 is 0. The number of halogens is 1. The van der Waals surface area contributed by atoms with Gasteiger partial charge in [-0.05, 0) is 0 Å². The number of hydrogen-bond donors (Lipinski definition) is 1. The van der Waals surface area contributed by atoms with Gasteiger partial charge in [-0.3, -0.25) is 0 Å². The maximum absolute atomic E-state index is 4.18. The maximum atomic E-state index is 4.18. The summed E-state index contributed by atoms with van der Waals surface area (Å²) in [5.41, 5.74) is 1.38. The van der Waals surface area contributed by atoms with Gasteiger partial charge >= 0.3 is 160 Å². The van der Waals surface area contributed by atoms with E-state index in [0.717, 1.165) is 0 Å². The van der Waals surface area contributed by atoms with Crippen LogP contribution in [0.5, 0.6) is 0 Å². The van der Waals surface area contributed by atoms with Crippen LogP contribution in [-0.4, -0.2) is 6.16 Å². The molecule has 0 spiro atoms. The summed E-state index contributed by atoms with van der Waals surface area (Å²) >= 11 is 4.18. The summed E-state index contributed by atoms with van der Waals surface area (Å²) in [5.74, 6) is 0. The van der Waals surface area contributed by atoms with E-state index < -0.39 is 6.12 Å². The molecule has 3 aromatic carbocycles. The summed E-state index contributed by atoms with van der Waals surface area (Å²) in [6, 6.07) is 26.5. The van der Waals surface area contributed by atoms with Crippen molar-refractivity contribution in [3.05, 3.63) is 78.4 Å². The van der Waals surface area contributed by atoms with Crippen LogP contribution in [0.1, 0.15) is 38.3 Å². The van der Waals surface area contributed by atoms with Crippen molar-refractivity contribution in [3.63, 3.8) is 0 Å². The number of unbranched alkanes of at least 4 members (excludes halogenated alkanes) is 1. The molecule has 1 atom stereocenters. The van der Waals surface area contributed by atoms with E-state index in [1.807, 2.05) is 0 Å². The molecule has 3 heteroatoms. The van der Waals surface area contributed by atoms with Crippen LogP contribution >= 0.6 is 21.6 Å². The number of nitrogens with one attached hydrogen (secondary N) is 1. The van der Waals surface area contributed by atoms with Gasteiger partial charge in [-0.2, -0.15) is 0 Å². The van der Waals surface area contributed by atoms with Gasteiger partial charge < -0.3 is 0 Å². The Balaban J connectivity index is 1.93. The van der Waals surface area contributed by atoms with Crippen molar-refractivity contribution in [2.75, 3.05) is 6.16 Å². The molecule has 0 unspecified atom stereocenters. The molecule has 1 N–H and O–H groups in total. The SMILES string of the molecule is CCCC[PH](Br)(N[C@@H](C)c1cccc2ccccc12)c1ccccc1. The molecule has 0 radical (unpaired) electrons. The van der Waals surface area contributed by atoms with Gasteiger partial charge in [-0.1, -0.05) is 0 Å². The average Bonchev–Trinajstić information content (AvgIpc) is 2.66. The molecule has 0 bridgehead atoms. The van der Waals surface area contributed by atoms with E-state index in [4.69, 9.17) is 0 Å². The predicted octanol–water partition coefficient (Wildman–Crippen LogP) is 6.59. The Morgan fingerprint density at radius 3 is 2.36 bits per heavy atom. The fraction of sp³-hybridized carbons (Fsp3) is 0.273. The number of fused-ring (bicyclic) bond motifs is 1. The molecule has 0 amide bonds. The van der Waals surface area contributed by atoms with Gasteiger partial charge in [0.15, 0.2) is 0 Å². The standard InChI is InChI=1S/C22H27BrNP/c1-3-4-17-25(23,20-13-6-5-7-14-20)24-18(2)21-16-10-12-19-11-8-9-15-22(19)21/h5-16,18,24-25H,3-4,17H2,1-2H3/t18-/m0/s1. The molecule has 0 fully saturated rings.